The Bertz CT molecular complexity index is 896. The van der Waals surface area contributed by atoms with E-state index >= 15 is 0 Å². The quantitative estimate of drug-likeness (QED) is 0.754. The third-order valence-electron chi connectivity index (χ3n) is 3.32. The third-order valence-corrected chi connectivity index (χ3v) is 3.32. The highest BCUT2D eigenvalue weighted by Crippen LogP contribution is 2.24. The lowest BCUT2D eigenvalue weighted by Gasteiger charge is -2.12. The predicted molar refractivity (Wildman–Crippen MR) is 86.3 cm³/mol. The molecule has 0 aliphatic heterocycles. The van der Waals surface area contributed by atoms with Crippen molar-refractivity contribution < 1.29 is 4.74 Å². The first-order valence-corrected chi connectivity index (χ1v) is 6.92. The van der Waals surface area contributed by atoms with Crippen molar-refractivity contribution in [2.24, 2.45) is 0 Å². The average molecular weight is 309 g/mol. The first kappa shape index (κ1) is 14.6. The standard InChI is InChI=1S/C15H15N7O/c1-9(5-16)21-13-4-14(18-8-12(13)17)22-15-10(6-20-22)3-11(23-2)7-19-15/h3-4,6-9H,17H2,1-2H3,(H,18,21)/t9-/m1/s1. The smallest absolute Gasteiger partial charge is 0.164 e. The van der Waals surface area contributed by atoms with Gasteiger partial charge in [0.1, 0.15) is 11.8 Å². The van der Waals surface area contributed by atoms with Crippen LogP contribution in [0.25, 0.3) is 16.9 Å². The summed E-state index contributed by atoms with van der Waals surface area (Å²) < 4.78 is 6.76. The van der Waals surface area contributed by atoms with Crippen LogP contribution in [0.1, 0.15) is 6.92 Å². The molecule has 3 N–H and O–H groups in total. The molecule has 0 amide bonds. The van der Waals surface area contributed by atoms with Crippen LogP contribution >= 0.6 is 0 Å². The van der Waals surface area contributed by atoms with Crippen LogP contribution in [-0.2, 0) is 0 Å². The summed E-state index contributed by atoms with van der Waals surface area (Å²) in [5.74, 6) is 1.21. The van der Waals surface area contributed by atoms with Crippen LogP contribution in [0.5, 0.6) is 5.75 Å². The summed E-state index contributed by atoms with van der Waals surface area (Å²) in [4.78, 5) is 8.64. The molecule has 8 heteroatoms. The highest BCUT2D eigenvalue weighted by Gasteiger charge is 2.11. The fourth-order valence-electron chi connectivity index (χ4n) is 2.14. The van der Waals surface area contributed by atoms with Crippen molar-refractivity contribution in [1.82, 2.24) is 19.7 Å². The van der Waals surface area contributed by atoms with E-state index in [1.165, 1.54) is 6.20 Å². The second kappa shape index (κ2) is 5.81. The number of hydrogen-bond donors (Lipinski definition) is 2. The summed E-state index contributed by atoms with van der Waals surface area (Å²) in [5, 5.41) is 17.1. The molecule has 0 aliphatic carbocycles. The number of methoxy groups -OCH3 is 1. The lowest BCUT2D eigenvalue weighted by atomic mass is 10.3. The Hall–Kier alpha value is -3.34. The van der Waals surface area contributed by atoms with E-state index in [1.807, 2.05) is 6.07 Å². The molecular weight excluding hydrogens is 294 g/mol. The first-order chi connectivity index (χ1) is 11.1. The lowest BCUT2D eigenvalue weighted by Crippen LogP contribution is -2.14. The van der Waals surface area contributed by atoms with Gasteiger partial charge in [0, 0.05) is 11.5 Å². The van der Waals surface area contributed by atoms with Crippen molar-refractivity contribution in [2.45, 2.75) is 13.0 Å². The number of nitriles is 1. The molecule has 3 aromatic rings. The van der Waals surface area contributed by atoms with E-state index in [2.05, 4.69) is 26.5 Å². The van der Waals surface area contributed by atoms with E-state index < -0.39 is 0 Å². The second-order valence-electron chi connectivity index (χ2n) is 4.97. The summed E-state index contributed by atoms with van der Waals surface area (Å²) in [6, 6.07) is 5.32. The van der Waals surface area contributed by atoms with E-state index in [-0.39, 0.29) is 6.04 Å². The lowest BCUT2D eigenvalue weighted by molar-refractivity contribution is 0.413. The first-order valence-electron chi connectivity index (χ1n) is 6.92. The molecule has 0 saturated carbocycles. The highest BCUT2D eigenvalue weighted by atomic mass is 16.5. The van der Waals surface area contributed by atoms with Gasteiger partial charge in [-0.25, -0.2) is 9.97 Å². The summed E-state index contributed by atoms with van der Waals surface area (Å²) in [7, 11) is 1.59. The van der Waals surface area contributed by atoms with Crippen molar-refractivity contribution in [2.75, 3.05) is 18.2 Å². The van der Waals surface area contributed by atoms with Gasteiger partial charge in [-0.1, -0.05) is 0 Å². The minimum atomic E-state index is -0.371. The summed E-state index contributed by atoms with van der Waals surface area (Å²) in [6.07, 6.45) is 4.83. The van der Waals surface area contributed by atoms with Crippen LogP contribution in [0.3, 0.4) is 0 Å². The molecule has 0 bridgehead atoms. The molecule has 0 unspecified atom stereocenters. The molecule has 116 valence electrons. The molecule has 23 heavy (non-hydrogen) atoms. The molecule has 0 aliphatic rings. The van der Waals surface area contributed by atoms with Gasteiger partial charge in [-0.3, -0.25) is 0 Å². The minimum absolute atomic E-state index is 0.371. The second-order valence-corrected chi connectivity index (χ2v) is 4.97. The van der Waals surface area contributed by atoms with E-state index in [1.54, 1.807) is 37.2 Å². The van der Waals surface area contributed by atoms with Crippen molar-refractivity contribution >= 4 is 22.4 Å². The van der Waals surface area contributed by atoms with Gasteiger partial charge < -0.3 is 15.8 Å². The van der Waals surface area contributed by atoms with Crippen LogP contribution in [0, 0.1) is 11.3 Å². The van der Waals surface area contributed by atoms with Crippen molar-refractivity contribution in [3.63, 3.8) is 0 Å². The molecular formula is C15H15N7O. The van der Waals surface area contributed by atoms with Gasteiger partial charge in [0.2, 0.25) is 0 Å². The number of rotatable bonds is 4. The summed E-state index contributed by atoms with van der Waals surface area (Å²) in [6.45, 7) is 1.75. The molecule has 0 spiro atoms. The number of hydrogen-bond acceptors (Lipinski definition) is 7. The Morgan fingerprint density at radius 2 is 2.13 bits per heavy atom. The Morgan fingerprint density at radius 3 is 2.87 bits per heavy atom. The zero-order valence-corrected chi connectivity index (χ0v) is 12.7. The maximum atomic E-state index is 8.92. The third kappa shape index (κ3) is 2.72. The molecule has 0 radical (unpaired) electrons. The number of nitrogens with zero attached hydrogens (tertiary/aromatic N) is 5. The number of pyridine rings is 2. The summed E-state index contributed by atoms with van der Waals surface area (Å²) >= 11 is 0. The van der Waals surface area contributed by atoms with Gasteiger partial charge in [0.25, 0.3) is 0 Å². The van der Waals surface area contributed by atoms with Gasteiger partial charge in [0.15, 0.2) is 11.5 Å². The minimum Gasteiger partial charge on any atom is -0.495 e. The number of nitrogen functional groups attached to an aromatic ring is 1. The maximum Gasteiger partial charge on any atom is 0.164 e. The summed E-state index contributed by atoms with van der Waals surface area (Å²) in [5.41, 5.74) is 7.64. The Morgan fingerprint density at radius 1 is 1.30 bits per heavy atom. The SMILES string of the molecule is COc1cnc2c(cnn2-c2cc(N[C@H](C)C#N)c(N)cn2)c1. The Kier molecular flexibility index (Phi) is 3.68. The van der Waals surface area contributed by atoms with Gasteiger partial charge in [-0.15, -0.1) is 0 Å². The topological polar surface area (TPSA) is 115 Å². The van der Waals surface area contributed by atoms with Crippen LogP contribution in [0.2, 0.25) is 0 Å². The van der Waals surface area contributed by atoms with Gasteiger partial charge in [0.05, 0.1) is 43.1 Å². The number of anilines is 2. The van der Waals surface area contributed by atoms with Crippen LogP contribution in [0.15, 0.2) is 30.7 Å². The number of fused-ring (bicyclic) bond motifs is 1. The molecule has 0 saturated heterocycles. The zero-order valence-electron chi connectivity index (χ0n) is 12.7. The van der Waals surface area contributed by atoms with Crippen molar-refractivity contribution in [1.29, 1.82) is 5.26 Å². The Labute approximate surface area is 132 Å². The normalized spacial score (nSPS) is 11.9. The number of aromatic nitrogens is 4. The van der Waals surface area contributed by atoms with E-state index in [4.69, 9.17) is 15.7 Å². The molecule has 3 heterocycles. The van der Waals surface area contributed by atoms with Crippen LogP contribution in [0.4, 0.5) is 11.4 Å². The molecule has 3 aromatic heterocycles. The van der Waals surface area contributed by atoms with Gasteiger partial charge in [-0.2, -0.15) is 15.0 Å². The monoisotopic (exact) mass is 309 g/mol. The predicted octanol–water partition coefficient (Wildman–Crippen LogP) is 1.73. The molecule has 0 fully saturated rings. The molecule has 8 nitrogen and oxygen atoms in total. The van der Waals surface area contributed by atoms with E-state index in [9.17, 15) is 0 Å². The molecule has 1 atom stereocenters. The van der Waals surface area contributed by atoms with Crippen molar-refractivity contribution in [3.05, 3.63) is 30.7 Å². The van der Waals surface area contributed by atoms with Gasteiger partial charge in [-0.05, 0) is 13.0 Å². The van der Waals surface area contributed by atoms with Crippen LogP contribution in [-0.4, -0.2) is 32.9 Å². The van der Waals surface area contributed by atoms with Crippen LogP contribution < -0.4 is 15.8 Å². The zero-order chi connectivity index (χ0) is 16.4. The Balaban J connectivity index is 2.05. The van der Waals surface area contributed by atoms with Crippen molar-refractivity contribution in [3.8, 4) is 17.6 Å². The maximum absolute atomic E-state index is 8.92. The fraction of sp³-hybridized carbons (Fsp3) is 0.200. The van der Waals surface area contributed by atoms with E-state index in [0.29, 0.717) is 28.6 Å². The molecule has 3 rings (SSSR count). The average Bonchev–Trinajstić information content (AvgIpc) is 2.99. The molecule has 0 aromatic carbocycles. The number of ether oxygens (including phenoxy) is 1. The van der Waals surface area contributed by atoms with Gasteiger partial charge >= 0.3 is 0 Å². The fourth-order valence-corrected chi connectivity index (χ4v) is 2.14. The largest absolute Gasteiger partial charge is 0.495 e. The van der Waals surface area contributed by atoms with E-state index in [0.717, 1.165) is 5.39 Å². The number of nitrogens with one attached hydrogen (secondary N) is 1. The number of nitrogens with two attached hydrogens (primary N) is 1. The highest BCUT2D eigenvalue weighted by molar-refractivity contribution is 5.78.